The van der Waals surface area contributed by atoms with E-state index in [1.165, 1.54) is 30.6 Å². The predicted octanol–water partition coefficient (Wildman–Crippen LogP) is 12.7. The molecule has 0 saturated heterocycles. The molecule has 0 atom stereocenters. The number of Topliss-reactive ketones (excluding diaryl/α,β-unsaturated/α-hetero) is 2. The minimum Gasteiger partial charge on any atom is -0.497 e. The number of carbonyl (C=O) groups is 4. The second-order valence-electron chi connectivity index (χ2n) is 17.3. The number of ketones is 2. The molecular formula is C50H51F3N6O9S6. The molecule has 2 fully saturated rings. The first kappa shape index (κ1) is 55.9. The zero-order valence-corrected chi connectivity index (χ0v) is 45.0. The highest BCUT2D eigenvalue weighted by molar-refractivity contribution is 7.99. The summed E-state index contributed by atoms with van der Waals surface area (Å²) in [7, 11) is -5.65. The van der Waals surface area contributed by atoms with E-state index in [0.717, 1.165) is 102 Å². The highest BCUT2D eigenvalue weighted by Crippen LogP contribution is 2.38. The Morgan fingerprint density at radius 2 is 1.01 bits per heavy atom. The van der Waals surface area contributed by atoms with Crippen molar-refractivity contribution in [2.45, 2.75) is 87.3 Å². The van der Waals surface area contributed by atoms with Gasteiger partial charge in [0.15, 0.2) is 41.5 Å². The molecule has 74 heavy (non-hydrogen) atoms. The molecule has 15 nitrogen and oxygen atoms in total. The summed E-state index contributed by atoms with van der Waals surface area (Å²) in [6, 6.07) is 25.0. The number of halogens is 3. The Hall–Kier alpha value is -5.79. The van der Waals surface area contributed by atoms with E-state index in [1.807, 2.05) is 60.7 Å². The van der Waals surface area contributed by atoms with Crippen molar-refractivity contribution in [1.82, 2.24) is 9.97 Å². The fourth-order valence-corrected chi connectivity index (χ4v) is 14.5. The van der Waals surface area contributed by atoms with Gasteiger partial charge in [0, 0.05) is 56.8 Å². The van der Waals surface area contributed by atoms with Crippen molar-refractivity contribution in [2.75, 3.05) is 40.9 Å². The van der Waals surface area contributed by atoms with E-state index in [2.05, 4.69) is 31.2 Å². The van der Waals surface area contributed by atoms with E-state index in [1.54, 1.807) is 18.2 Å². The van der Waals surface area contributed by atoms with Crippen LogP contribution in [0.1, 0.15) is 89.0 Å². The van der Waals surface area contributed by atoms with Crippen molar-refractivity contribution in [1.29, 1.82) is 0 Å². The van der Waals surface area contributed by atoms with E-state index in [4.69, 9.17) is 4.74 Å². The summed E-state index contributed by atoms with van der Waals surface area (Å²) in [6.07, 6.45) is 4.01. The second kappa shape index (κ2) is 24.7. The fraction of sp³-hybridized carbons (Fsp3) is 0.320. The molecule has 392 valence electrons. The molecule has 0 unspecified atom stereocenters. The Morgan fingerprint density at radius 3 is 1.41 bits per heavy atom. The quantitative estimate of drug-likeness (QED) is 0.0494. The third-order valence-electron chi connectivity index (χ3n) is 11.7. The Morgan fingerprint density at radius 1 is 0.608 bits per heavy atom. The van der Waals surface area contributed by atoms with Crippen LogP contribution in [0.4, 0.5) is 44.4 Å². The molecule has 6 aromatic rings. The third-order valence-corrected chi connectivity index (χ3v) is 19.5. The number of amides is 4. The Kier molecular flexibility index (Phi) is 18.7. The van der Waals surface area contributed by atoms with Crippen LogP contribution in [0.3, 0.4) is 0 Å². The van der Waals surface area contributed by atoms with Gasteiger partial charge in [-0.1, -0.05) is 84.8 Å². The summed E-state index contributed by atoms with van der Waals surface area (Å²) in [5.74, 6) is 0.175. The monoisotopic (exact) mass is 1130 g/mol. The van der Waals surface area contributed by atoms with Crippen molar-refractivity contribution < 1.29 is 53.9 Å². The van der Waals surface area contributed by atoms with Crippen LogP contribution in [0, 0.1) is 11.8 Å². The maximum atomic E-state index is 13.3. The number of ether oxygens (including phenoxy) is 1. The van der Waals surface area contributed by atoms with Gasteiger partial charge in [0.2, 0.25) is 0 Å². The van der Waals surface area contributed by atoms with Crippen LogP contribution in [0.5, 0.6) is 5.75 Å². The number of methoxy groups -OCH3 is 1. The zero-order chi connectivity index (χ0) is 53.2. The highest BCUT2D eigenvalue weighted by Gasteiger charge is 2.34. The first-order chi connectivity index (χ1) is 35.2. The van der Waals surface area contributed by atoms with Crippen LogP contribution < -0.4 is 26.0 Å². The van der Waals surface area contributed by atoms with Gasteiger partial charge in [0.1, 0.15) is 14.2 Å². The minimum absolute atomic E-state index is 0.00201. The maximum Gasteiger partial charge on any atom is 0.416 e. The second-order valence-corrected chi connectivity index (χ2v) is 25.8. The molecular weight excluding hydrogens is 1080 g/mol. The topological polar surface area (TPSA) is 220 Å². The minimum atomic E-state index is -4.65. The van der Waals surface area contributed by atoms with Crippen LogP contribution in [0.25, 0.3) is 0 Å². The molecule has 0 bridgehead atoms. The largest absolute Gasteiger partial charge is 0.497 e. The first-order valence-corrected chi connectivity index (χ1v) is 30.4. The molecule has 0 aliphatic heterocycles. The number of rotatable bonds is 17. The number of thiazole rings is 2. The van der Waals surface area contributed by atoms with Gasteiger partial charge in [-0.15, -0.1) is 23.5 Å². The van der Waals surface area contributed by atoms with Crippen molar-refractivity contribution in [2.24, 2.45) is 11.8 Å². The standard InChI is InChI=1S/C25H24F3N3O4S3.C25H27N3O5S3/c1-38(34,35)22-20(14-36-17-9-3-2-4-10-17)30-24(37-22)31-23(33)29-19-12-11-16(25(26,27)28)13-18(19)21(32)15-7-5-6-8-15;1-33-17-12-13-20(19(14-17)22(29)16-8-6-7-9-16)26-24(30)28-25-27-21(23(35-25)36(2,31)32)15-34-18-10-4-3-5-11-18/h2-4,9-13,15H,5-8,14H2,1H3,(H2,29,30,31,33);3-5,10-14,16H,6-9,15H2,1-2H3,(H2,26,27,28,30). The van der Waals surface area contributed by atoms with E-state index in [0.29, 0.717) is 41.3 Å². The number of alkyl halides is 3. The number of carbonyl (C=O) groups excluding carboxylic acids is 4. The van der Waals surface area contributed by atoms with E-state index >= 15 is 0 Å². The third kappa shape index (κ3) is 15.2. The normalized spacial score (nSPS) is 14.2. The predicted molar refractivity (Wildman–Crippen MR) is 285 cm³/mol. The molecule has 24 heteroatoms. The van der Waals surface area contributed by atoms with Crippen LogP contribution in [0.15, 0.2) is 115 Å². The summed E-state index contributed by atoms with van der Waals surface area (Å²) < 4.78 is 94.7. The molecule has 0 radical (unpaired) electrons. The van der Waals surface area contributed by atoms with Gasteiger partial charge in [-0.25, -0.2) is 36.4 Å². The molecule has 2 aliphatic rings. The van der Waals surface area contributed by atoms with Gasteiger partial charge in [-0.2, -0.15) is 13.2 Å². The maximum absolute atomic E-state index is 13.3. The van der Waals surface area contributed by atoms with Gasteiger partial charge < -0.3 is 15.4 Å². The van der Waals surface area contributed by atoms with Crippen molar-refractivity contribution >= 4 is 111 Å². The molecule has 4 N–H and O–H groups in total. The molecule has 2 aliphatic carbocycles. The highest BCUT2D eigenvalue weighted by atomic mass is 32.2. The van der Waals surface area contributed by atoms with Gasteiger partial charge in [-0.05, 0) is 86.3 Å². The summed E-state index contributed by atoms with van der Waals surface area (Å²) in [5, 5.41) is 10.4. The lowest BCUT2D eigenvalue weighted by Gasteiger charge is -2.16. The van der Waals surface area contributed by atoms with Crippen molar-refractivity contribution in [3.05, 3.63) is 125 Å². The average Bonchev–Trinajstić information content (AvgIpc) is 4.22. The Labute approximate surface area is 443 Å². The molecule has 4 amide bonds. The number of thioether (sulfide) groups is 2. The van der Waals surface area contributed by atoms with E-state index in [-0.39, 0.29) is 53.1 Å². The molecule has 4 aromatic carbocycles. The molecule has 2 saturated carbocycles. The number of benzene rings is 4. The number of hydrogen-bond donors (Lipinski definition) is 4. The van der Waals surface area contributed by atoms with Gasteiger partial charge in [-0.3, -0.25) is 20.2 Å². The fourth-order valence-electron chi connectivity index (χ4n) is 8.19. The molecule has 0 spiro atoms. The summed E-state index contributed by atoms with van der Waals surface area (Å²) >= 11 is 4.53. The number of hydrogen-bond acceptors (Lipinski definition) is 15. The van der Waals surface area contributed by atoms with Crippen molar-refractivity contribution in [3.63, 3.8) is 0 Å². The number of nitrogens with one attached hydrogen (secondary N) is 4. The number of nitrogens with zero attached hydrogens (tertiary/aromatic N) is 2. The van der Waals surface area contributed by atoms with Gasteiger partial charge >= 0.3 is 18.2 Å². The van der Waals surface area contributed by atoms with Gasteiger partial charge in [0.25, 0.3) is 0 Å². The average molecular weight is 1130 g/mol. The van der Waals surface area contributed by atoms with Crippen molar-refractivity contribution in [3.8, 4) is 5.75 Å². The van der Waals surface area contributed by atoms with Crippen LogP contribution in [-0.2, 0) is 37.4 Å². The number of sulfone groups is 2. The first-order valence-electron chi connectivity index (χ1n) is 23.0. The number of anilines is 4. The van der Waals surface area contributed by atoms with Crippen LogP contribution in [-0.4, -0.2) is 70.1 Å². The van der Waals surface area contributed by atoms with Crippen LogP contribution in [0.2, 0.25) is 0 Å². The van der Waals surface area contributed by atoms with Gasteiger partial charge in [0.05, 0.1) is 35.4 Å². The Bertz CT molecular complexity index is 3220. The molecule has 8 rings (SSSR count). The lowest BCUT2D eigenvalue weighted by Crippen LogP contribution is -2.23. The summed E-state index contributed by atoms with van der Waals surface area (Å²) in [4.78, 5) is 62.3. The summed E-state index contributed by atoms with van der Waals surface area (Å²) in [6.45, 7) is 0. The smallest absolute Gasteiger partial charge is 0.416 e. The number of aromatic nitrogens is 2. The lowest BCUT2D eigenvalue weighted by molar-refractivity contribution is -0.137. The van der Waals surface area contributed by atoms with E-state index in [9.17, 15) is 49.2 Å². The van der Waals surface area contributed by atoms with E-state index < -0.39 is 55.2 Å². The molecule has 2 aromatic heterocycles. The summed E-state index contributed by atoms with van der Waals surface area (Å²) in [5.41, 5.74) is 0.159. The zero-order valence-electron chi connectivity index (χ0n) is 40.1. The van der Waals surface area contributed by atoms with Crippen LogP contribution >= 0.6 is 46.2 Å². The lowest BCUT2D eigenvalue weighted by atomic mass is 9.93. The Balaban J connectivity index is 0.000000217. The molecule has 2 heterocycles. The SMILES string of the molecule is COc1ccc(NC(=O)Nc2nc(CSc3ccccc3)c(S(C)(=O)=O)s2)c(C(=O)C2CCCC2)c1.CS(=O)(=O)c1sc(NC(=O)Nc2ccc(C(F)(F)F)cc2C(=O)C2CCCC2)nc1CSc1ccccc1. The number of urea groups is 2.